The maximum atomic E-state index is 12.7. The molecule has 1 heterocycles. The zero-order valence-corrected chi connectivity index (χ0v) is 15.6. The number of carboxylic acids is 1. The van der Waals surface area contributed by atoms with E-state index in [-0.39, 0.29) is 24.2 Å². The zero-order chi connectivity index (χ0) is 19.9. The van der Waals surface area contributed by atoms with Crippen molar-refractivity contribution in [2.24, 2.45) is 5.92 Å². The summed E-state index contributed by atoms with van der Waals surface area (Å²) >= 11 is 0. The van der Waals surface area contributed by atoms with Crippen molar-refractivity contribution in [3.63, 3.8) is 0 Å². The first-order valence-corrected chi connectivity index (χ1v) is 9.45. The molecule has 2 N–H and O–H groups in total. The Morgan fingerprint density at radius 2 is 1.71 bits per heavy atom. The van der Waals surface area contributed by atoms with Crippen molar-refractivity contribution in [1.82, 2.24) is 4.90 Å². The molecule has 1 atom stereocenters. The van der Waals surface area contributed by atoms with Gasteiger partial charge in [0.05, 0.1) is 18.8 Å². The molecule has 0 bridgehead atoms. The van der Waals surface area contributed by atoms with E-state index >= 15 is 0 Å². The molecule has 2 aromatic carbocycles. The zero-order valence-electron chi connectivity index (χ0n) is 15.6. The lowest BCUT2D eigenvalue weighted by molar-refractivity contribution is -0.136. The number of carboxylic acid groups (broad SMARTS) is 1. The van der Waals surface area contributed by atoms with Crippen molar-refractivity contribution in [3.05, 3.63) is 65.7 Å². The minimum Gasteiger partial charge on any atom is -0.481 e. The van der Waals surface area contributed by atoms with E-state index in [2.05, 4.69) is 5.32 Å². The van der Waals surface area contributed by atoms with Crippen LogP contribution in [0.5, 0.6) is 0 Å². The fourth-order valence-electron chi connectivity index (χ4n) is 3.49. The molecule has 28 heavy (non-hydrogen) atoms. The standard InChI is InChI=1S/C22H24N2O4/c25-20(13-16-7-2-1-3-8-16)24-12-6-10-18(15-24)22(28)23-19-11-5-4-9-17(19)14-21(26)27/h1-5,7-9,11,18H,6,10,12-15H2,(H,23,28)(H,26,27). The lowest BCUT2D eigenvalue weighted by atomic mass is 9.96. The van der Waals surface area contributed by atoms with Crippen LogP contribution in [0.15, 0.2) is 54.6 Å². The largest absolute Gasteiger partial charge is 0.481 e. The molecule has 0 spiro atoms. The molecule has 1 fully saturated rings. The van der Waals surface area contributed by atoms with Crippen LogP contribution < -0.4 is 5.32 Å². The molecule has 0 radical (unpaired) electrons. The number of piperidine rings is 1. The van der Waals surface area contributed by atoms with E-state index < -0.39 is 5.97 Å². The van der Waals surface area contributed by atoms with Crippen LogP contribution in [0.2, 0.25) is 0 Å². The van der Waals surface area contributed by atoms with Gasteiger partial charge in [0.2, 0.25) is 11.8 Å². The van der Waals surface area contributed by atoms with E-state index in [4.69, 9.17) is 5.11 Å². The summed E-state index contributed by atoms with van der Waals surface area (Å²) in [5.74, 6) is -1.39. The van der Waals surface area contributed by atoms with Crippen LogP contribution in [-0.4, -0.2) is 40.9 Å². The van der Waals surface area contributed by atoms with Gasteiger partial charge < -0.3 is 15.3 Å². The van der Waals surface area contributed by atoms with Crippen molar-refractivity contribution in [3.8, 4) is 0 Å². The van der Waals surface area contributed by atoms with Crippen LogP contribution in [0.4, 0.5) is 5.69 Å². The van der Waals surface area contributed by atoms with Crippen LogP contribution in [0.25, 0.3) is 0 Å². The molecule has 2 aromatic rings. The van der Waals surface area contributed by atoms with E-state index in [1.165, 1.54) is 0 Å². The first-order chi connectivity index (χ1) is 13.5. The Hall–Kier alpha value is -3.15. The summed E-state index contributed by atoms with van der Waals surface area (Å²) in [7, 11) is 0. The topological polar surface area (TPSA) is 86.7 Å². The third-order valence-corrected chi connectivity index (χ3v) is 4.96. The number of aliphatic carboxylic acids is 1. The highest BCUT2D eigenvalue weighted by Gasteiger charge is 2.28. The number of carbonyl (C=O) groups excluding carboxylic acids is 2. The number of rotatable bonds is 6. The van der Waals surface area contributed by atoms with Gasteiger partial charge >= 0.3 is 5.97 Å². The summed E-state index contributed by atoms with van der Waals surface area (Å²) < 4.78 is 0. The van der Waals surface area contributed by atoms with E-state index in [0.29, 0.717) is 37.2 Å². The second-order valence-corrected chi connectivity index (χ2v) is 7.06. The molecule has 1 aliphatic rings. The first-order valence-electron chi connectivity index (χ1n) is 9.45. The highest BCUT2D eigenvalue weighted by Crippen LogP contribution is 2.22. The Morgan fingerprint density at radius 3 is 2.46 bits per heavy atom. The van der Waals surface area contributed by atoms with Crippen molar-refractivity contribution < 1.29 is 19.5 Å². The monoisotopic (exact) mass is 380 g/mol. The molecule has 2 amide bonds. The van der Waals surface area contributed by atoms with E-state index in [9.17, 15) is 14.4 Å². The van der Waals surface area contributed by atoms with E-state index in [1.54, 1.807) is 29.2 Å². The number of para-hydroxylation sites is 1. The highest BCUT2D eigenvalue weighted by molar-refractivity contribution is 5.94. The van der Waals surface area contributed by atoms with Crippen LogP contribution in [0.3, 0.4) is 0 Å². The molecule has 0 aromatic heterocycles. The average molecular weight is 380 g/mol. The smallest absolute Gasteiger partial charge is 0.307 e. The summed E-state index contributed by atoms with van der Waals surface area (Å²) in [6.07, 6.45) is 1.66. The minimum atomic E-state index is -0.947. The van der Waals surface area contributed by atoms with E-state index in [1.807, 2.05) is 30.3 Å². The second-order valence-electron chi connectivity index (χ2n) is 7.06. The molecule has 1 aliphatic heterocycles. The number of anilines is 1. The molecule has 1 unspecified atom stereocenters. The molecule has 3 rings (SSSR count). The molecule has 0 saturated carbocycles. The predicted octanol–water partition coefficient (Wildman–Crippen LogP) is 2.73. The Bertz CT molecular complexity index is 851. The second kappa shape index (κ2) is 9.17. The van der Waals surface area contributed by atoms with Crippen LogP contribution in [0.1, 0.15) is 24.0 Å². The Kier molecular flexibility index (Phi) is 6.42. The Labute approximate surface area is 164 Å². The fourth-order valence-corrected chi connectivity index (χ4v) is 3.49. The number of likely N-dealkylation sites (tertiary alicyclic amines) is 1. The Morgan fingerprint density at radius 1 is 1.00 bits per heavy atom. The van der Waals surface area contributed by atoms with Gasteiger partial charge in [0.15, 0.2) is 0 Å². The third-order valence-electron chi connectivity index (χ3n) is 4.96. The lowest BCUT2D eigenvalue weighted by Crippen LogP contribution is -2.44. The van der Waals surface area contributed by atoms with Crippen molar-refractivity contribution in [2.75, 3.05) is 18.4 Å². The average Bonchev–Trinajstić information content (AvgIpc) is 2.70. The summed E-state index contributed by atoms with van der Waals surface area (Å²) in [6, 6.07) is 16.5. The molecule has 0 aliphatic carbocycles. The van der Waals surface area contributed by atoms with Gasteiger partial charge in [0, 0.05) is 18.8 Å². The third kappa shape index (κ3) is 5.19. The van der Waals surface area contributed by atoms with Crippen molar-refractivity contribution in [2.45, 2.75) is 25.7 Å². The van der Waals surface area contributed by atoms with Gasteiger partial charge in [-0.3, -0.25) is 14.4 Å². The molecule has 6 nitrogen and oxygen atoms in total. The highest BCUT2D eigenvalue weighted by atomic mass is 16.4. The quantitative estimate of drug-likeness (QED) is 0.807. The van der Waals surface area contributed by atoms with Gasteiger partial charge in [-0.25, -0.2) is 0 Å². The van der Waals surface area contributed by atoms with Crippen LogP contribution in [0, 0.1) is 5.92 Å². The summed E-state index contributed by atoms with van der Waals surface area (Å²) in [5, 5.41) is 11.9. The van der Waals surface area contributed by atoms with Gasteiger partial charge in [0.1, 0.15) is 0 Å². The maximum absolute atomic E-state index is 12.7. The molecular formula is C22H24N2O4. The lowest BCUT2D eigenvalue weighted by Gasteiger charge is -2.32. The molecular weight excluding hydrogens is 356 g/mol. The molecule has 6 heteroatoms. The maximum Gasteiger partial charge on any atom is 0.307 e. The van der Waals surface area contributed by atoms with Crippen molar-refractivity contribution >= 4 is 23.5 Å². The van der Waals surface area contributed by atoms with Gasteiger partial charge in [-0.2, -0.15) is 0 Å². The molecule has 1 saturated heterocycles. The number of nitrogens with zero attached hydrogens (tertiary/aromatic N) is 1. The number of benzene rings is 2. The number of hydrogen-bond donors (Lipinski definition) is 2. The molecule has 146 valence electrons. The Balaban J connectivity index is 1.62. The van der Waals surface area contributed by atoms with Gasteiger partial charge in [-0.05, 0) is 30.0 Å². The minimum absolute atomic E-state index is 0.0231. The summed E-state index contributed by atoms with van der Waals surface area (Å²) in [5.41, 5.74) is 2.04. The van der Waals surface area contributed by atoms with E-state index in [0.717, 1.165) is 12.0 Å². The summed E-state index contributed by atoms with van der Waals surface area (Å²) in [4.78, 5) is 38.1. The van der Waals surface area contributed by atoms with Crippen LogP contribution >= 0.6 is 0 Å². The number of hydrogen-bond acceptors (Lipinski definition) is 3. The van der Waals surface area contributed by atoms with Crippen LogP contribution in [-0.2, 0) is 27.2 Å². The SMILES string of the molecule is O=C(O)Cc1ccccc1NC(=O)C1CCCN(C(=O)Cc2ccccc2)C1. The fraction of sp³-hybridized carbons (Fsp3) is 0.318. The predicted molar refractivity (Wildman–Crippen MR) is 106 cm³/mol. The van der Waals surface area contributed by atoms with Gasteiger partial charge in [-0.1, -0.05) is 48.5 Å². The van der Waals surface area contributed by atoms with Gasteiger partial charge in [-0.15, -0.1) is 0 Å². The number of amides is 2. The first kappa shape index (κ1) is 19.6. The van der Waals surface area contributed by atoms with Crippen molar-refractivity contribution in [1.29, 1.82) is 0 Å². The normalized spacial score (nSPS) is 16.4. The van der Waals surface area contributed by atoms with Gasteiger partial charge in [0.25, 0.3) is 0 Å². The number of carbonyl (C=O) groups is 3. The summed E-state index contributed by atoms with van der Waals surface area (Å²) in [6.45, 7) is 1.05. The number of nitrogens with one attached hydrogen (secondary N) is 1.